The van der Waals surface area contributed by atoms with Gasteiger partial charge in [0.1, 0.15) is 0 Å². The first-order valence-corrected chi connectivity index (χ1v) is 7.62. The molecule has 4 heteroatoms. The Morgan fingerprint density at radius 2 is 2.13 bits per heavy atom. The van der Waals surface area contributed by atoms with Crippen LogP contribution in [-0.2, 0) is 0 Å². The Morgan fingerprint density at radius 3 is 2.53 bits per heavy atom. The third-order valence-corrected chi connectivity index (χ3v) is 5.93. The van der Waals surface area contributed by atoms with Crippen LogP contribution in [0.1, 0.15) is 37.6 Å². The van der Waals surface area contributed by atoms with E-state index in [1.54, 1.807) is 0 Å². The van der Waals surface area contributed by atoms with Crippen LogP contribution < -0.4 is 5.32 Å². The molecule has 0 spiro atoms. The maximum absolute atomic E-state index is 3.55. The number of hydrogen-bond acceptors (Lipinski definition) is 2. The van der Waals surface area contributed by atoms with Gasteiger partial charge in [-0.3, -0.25) is 0 Å². The lowest BCUT2D eigenvalue weighted by Crippen LogP contribution is -2.22. The zero-order chi connectivity index (χ0) is 11.4. The van der Waals surface area contributed by atoms with Crippen molar-refractivity contribution in [3.05, 3.63) is 19.2 Å². The summed E-state index contributed by atoms with van der Waals surface area (Å²) >= 11 is 8.89. The Balaban J connectivity index is 2.82. The van der Waals surface area contributed by atoms with Gasteiger partial charge in [0, 0.05) is 15.4 Å². The maximum atomic E-state index is 3.55. The van der Waals surface area contributed by atoms with Crippen LogP contribution in [0, 0.1) is 5.92 Å². The van der Waals surface area contributed by atoms with Crippen LogP contribution in [0.3, 0.4) is 0 Å². The molecule has 0 aliphatic carbocycles. The second kappa shape index (κ2) is 6.38. The first-order valence-electron chi connectivity index (χ1n) is 5.22. The highest BCUT2D eigenvalue weighted by molar-refractivity contribution is 9.13. The van der Waals surface area contributed by atoms with Crippen LogP contribution in [0.5, 0.6) is 0 Å². The van der Waals surface area contributed by atoms with E-state index in [0.29, 0.717) is 12.0 Å². The van der Waals surface area contributed by atoms with Crippen LogP contribution in [0.15, 0.2) is 14.3 Å². The summed E-state index contributed by atoms with van der Waals surface area (Å²) in [6.45, 7) is 4.55. The fraction of sp³-hybridized carbons (Fsp3) is 0.636. The molecular formula is C11H17Br2NS. The second-order valence-corrected chi connectivity index (χ2v) is 7.06. The van der Waals surface area contributed by atoms with E-state index in [-0.39, 0.29) is 0 Å². The van der Waals surface area contributed by atoms with Crippen molar-refractivity contribution in [2.24, 2.45) is 5.92 Å². The van der Waals surface area contributed by atoms with E-state index >= 15 is 0 Å². The minimum absolute atomic E-state index is 0.470. The normalized spacial score (nSPS) is 15.3. The van der Waals surface area contributed by atoms with Gasteiger partial charge in [0.25, 0.3) is 0 Å². The van der Waals surface area contributed by atoms with E-state index in [9.17, 15) is 0 Å². The van der Waals surface area contributed by atoms with Crippen LogP contribution in [0.25, 0.3) is 0 Å². The topological polar surface area (TPSA) is 12.0 Å². The summed E-state index contributed by atoms with van der Waals surface area (Å²) in [7, 11) is 2.04. The van der Waals surface area contributed by atoms with Gasteiger partial charge in [-0.25, -0.2) is 0 Å². The monoisotopic (exact) mass is 353 g/mol. The number of thiophene rings is 1. The van der Waals surface area contributed by atoms with Gasteiger partial charge in [-0.15, -0.1) is 11.3 Å². The van der Waals surface area contributed by atoms with E-state index in [4.69, 9.17) is 0 Å². The first kappa shape index (κ1) is 13.7. The molecule has 0 saturated carbocycles. The first-order chi connectivity index (χ1) is 7.10. The summed E-state index contributed by atoms with van der Waals surface area (Å²) < 4.78 is 2.34. The van der Waals surface area contributed by atoms with Crippen molar-refractivity contribution in [1.29, 1.82) is 0 Å². The fourth-order valence-electron chi connectivity index (χ4n) is 1.85. The molecule has 0 fully saturated rings. The molecule has 15 heavy (non-hydrogen) atoms. The Hall–Kier alpha value is 0.620. The average Bonchev–Trinajstić information content (AvgIpc) is 2.48. The summed E-state index contributed by atoms with van der Waals surface area (Å²) in [5.74, 6) is 0.678. The van der Waals surface area contributed by atoms with Gasteiger partial charge in [-0.1, -0.05) is 20.3 Å². The highest BCUT2D eigenvalue weighted by Gasteiger charge is 2.19. The third-order valence-electron chi connectivity index (χ3n) is 2.59. The van der Waals surface area contributed by atoms with Crippen molar-refractivity contribution in [2.75, 3.05) is 7.05 Å². The molecule has 1 aromatic heterocycles. The molecule has 2 unspecified atom stereocenters. The van der Waals surface area contributed by atoms with Gasteiger partial charge < -0.3 is 5.32 Å². The lowest BCUT2D eigenvalue weighted by Gasteiger charge is -2.21. The lowest BCUT2D eigenvalue weighted by molar-refractivity contribution is 0.389. The summed E-state index contributed by atoms with van der Waals surface area (Å²) in [6.07, 6.45) is 2.51. The molecule has 1 aromatic rings. The van der Waals surface area contributed by atoms with E-state index in [0.717, 1.165) is 4.47 Å². The standard InChI is InChI=1S/C11H17Br2NS/c1-4-5-7(2)10(14-3)9-6-8(12)11(13)15-9/h6-7,10,14H,4-5H2,1-3H3. The zero-order valence-corrected chi connectivity index (χ0v) is 13.3. The van der Waals surface area contributed by atoms with Crippen molar-refractivity contribution < 1.29 is 0 Å². The quantitative estimate of drug-likeness (QED) is 0.787. The molecule has 0 aliphatic rings. The molecule has 0 saturated heterocycles. The van der Waals surface area contributed by atoms with E-state index in [1.165, 1.54) is 21.5 Å². The van der Waals surface area contributed by atoms with E-state index < -0.39 is 0 Å². The van der Waals surface area contributed by atoms with Gasteiger partial charge in [-0.2, -0.15) is 0 Å². The maximum Gasteiger partial charge on any atom is 0.0843 e. The summed E-state index contributed by atoms with van der Waals surface area (Å²) in [5.41, 5.74) is 0. The molecule has 1 nitrogen and oxygen atoms in total. The molecule has 86 valence electrons. The van der Waals surface area contributed by atoms with Crippen molar-refractivity contribution >= 4 is 43.2 Å². The van der Waals surface area contributed by atoms with Gasteiger partial charge >= 0.3 is 0 Å². The number of nitrogens with one attached hydrogen (secondary N) is 1. The molecule has 0 radical (unpaired) electrons. The van der Waals surface area contributed by atoms with Crippen molar-refractivity contribution in [3.8, 4) is 0 Å². The molecule has 2 atom stereocenters. The van der Waals surface area contributed by atoms with Crippen molar-refractivity contribution in [1.82, 2.24) is 5.32 Å². The molecule has 1 heterocycles. The van der Waals surface area contributed by atoms with Gasteiger partial charge in [0.05, 0.1) is 3.79 Å². The molecule has 0 aliphatic heterocycles. The SMILES string of the molecule is CCCC(C)C(NC)c1cc(Br)c(Br)s1. The van der Waals surface area contributed by atoms with Crippen LogP contribution in [-0.4, -0.2) is 7.05 Å². The zero-order valence-electron chi connectivity index (χ0n) is 9.31. The number of hydrogen-bond donors (Lipinski definition) is 1. The van der Waals surface area contributed by atoms with Crippen molar-refractivity contribution in [2.45, 2.75) is 32.7 Å². The lowest BCUT2D eigenvalue weighted by atomic mass is 9.96. The van der Waals surface area contributed by atoms with Crippen LogP contribution in [0.2, 0.25) is 0 Å². The Morgan fingerprint density at radius 1 is 1.47 bits per heavy atom. The predicted octanol–water partition coefficient (Wildman–Crippen LogP) is 4.97. The van der Waals surface area contributed by atoms with E-state index in [1.807, 2.05) is 18.4 Å². The molecule has 0 bridgehead atoms. The predicted molar refractivity (Wildman–Crippen MR) is 75.6 cm³/mol. The summed E-state index contributed by atoms with van der Waals surface area (Å²) in [5, 5.41) is 3.41. The second-order valence-electron chi connectivity index (χ2n) is 3.80. The van der Waals surface area contributed by atoms with Crippen LogP contribution >= 0.6 is 43.2 Å². The van der Waals surface area contributed by atoms with Gasteiger partial charge in [0.15, 0.2) is 0 Å². The Bertz CT molecular complexity index is 292. The smallest absolute Gasteiger partial charge is 0.0843 e. The van der Waals surface area contributed by atoms with Gasteiger partial charge in [0.2, 0.25) is 0 Å². The Kier molecular flexibility index (Phi) is 5.82. The minimum Gasteiger partial charge on any atom is -0.312 e. The highest BCUT2D eigenvalue weighted by atomic mass is 79.9. The molecule has 0 amide bonds. The van der Waals surface area contributed by atoms with Crippen LogP contribution in [0.4, 0.5) is 0 Å². The van der Waals surface area contributed by atoms with E-state index in [2.05, 4.69) is 57.1 Å². The molecule has 1 rings (SSSR count). The third kappa shape index (κ3) is 3.55. The fourth-order valence-corrected chi connectivity index (χ4v) is 4.18. The average molecular weight is 355 g/mol. The molecular weight excluding hydrogens is 338 g/mol. The molecule has 0 aromatic carbocycles. The van der Waals surface area contributed by atoms with Gasteiger partial charge in [-0.05, 0) is 57.3 Å². The summed E-state index contributed by atoms with van der Waals surface area (Å²) in [6, 6.07) is 2.68. The minimum atomic E-state index is 0.470. The molecule has 1 N–H and O–H groups in total. The largest absolute Gasteiger partial charge is 0.312 e. The highest BCUT2D eigenvalue weighted by Crippen LogP contribution is 2.38. The Labute approximate surface area is 113 Å². The number of rotatable bonds is 5. The number of halogens is 2. The van der Waals surface area contributed by atoms with Crippen molar-refractivity contribution in [3.63, 3.8) is 0 Å². The summed E-state index contributed by atoms with van der Waals surface area (Å²) in [4.78, 5) is 1.40.